The number of carbonyl (C=O) groups is 1. The summed E-state index contributed by atoms with van der Waals surface area (Å²) in [5.41, 5.74) is -0.159. The van der Waals surface area contributed by atoms with Crippen molar-refractivity contribution in [2.24, 2.45) is 4.40 Å². The van der Waals surface area contributed by atoms with Gasteiger partial charge in [-0.15, -0.1) is 23.2 Å². The van der Waals surface area contributed by atoms with Crippen molar-refractivity contribution in [2.75, 3.05) is 0 Å². The number of benzene rings is 1. The molecule has 0 spiro atoms. The van der Waals surface area contributed by atoms with E-state index in [2.05, 4.69) is 4.40 Å². The van der Waals surface area contributed by atoms with Crippen molar-refractivity contribution in [1.82, 2.24) is 0 Å². The molecule has 0 aliphatic heterocycles. The van der Waals surface area contributed by atoms with Gasteiger partial charge in [-0.2, -0.15) is 12.8 Å². The van der Waals surface area contributed by atoms with Gasteiger partial charge < -0.3 is 0 Å². The molecular formula is C13H10Cl2N2O5S. The third kappa shape index (κ3) is 3.60. The van der Waals surface area contributed by atoms with E-state index in [-0.39, 0.29) is 21.9 Å². The summed E-state index contributed by atoms with van der Waals surface area (Å²) in [6, 6.07) is 4.48. The van der Waals surface area contributed by atoms with Gasteiger partial charge in [-0.1, -0.05) is 6.07 Å². The molecule has 0 aromatic heterocycles. The lowest BCUT2D eigenvalue weighted by molar-refractivity contribution is -0.385. The third-order valence-corrected chi connectivity index (χ3v) is 5.44. The Morgan fingerprint density at radius 3 is 2.52 bits per heavy atom. The third-order valence-electron chi connectivity index (χ3n) is 3.10. The molecule has 23 heavy (non-hydrogen) atoms. The molecule has 0 radical (unpaired) electrons. The molecule has 0 bridgehead atoms. The van der Waals surface area contributed by atoms with E-state index in [4.69, 9.17) is 23.2 Å². The Balaban J connectivity index is 2.52. The number of carbonyl (C=O) groups excluding carboxylic acids is 1. The zero-order valence-electron chi connectivity index (χ0n) is 11.6. The zero-order chi connectivity index (χ0) is 17.4. The zero-order valence-corrected chi connectivity index (χ0v) is 14.0. The molecule has 0 N–H and O–H groups in total. The number of alkyl halides is 2. The molecule has 0 amide bonds. The number of hydrogen-bond donors (Lipinski definition) is 0. The van der Waals surface area contributed by atoms with Crippen molar-refractivity contribution in [3.63, 3.8) is 0 Å². The number of ketones is 1. The van der Waals surface area contributed by atoms with E-state index in [0.717, 1.165) is 12.1 Å². The van der Waals surface area contributed by atoms with E-state index in [0.29, 0.717) is 0 Å². The molecule has 122 valence electrons. The molecule has 0 saturated heterocycles. The van der Waals surface area contributed by atoms with Gasteiger partial charge in [-0.3, -0.25) is 14.9 Å². The molecule has 7 nitrogen and oxygen atoms in total. The summed E-state index contributed by atoms with van der Waals surface area (Å²) in [6.07, 6.45) is 1.17. The molecular weight excluding hydrogens is 367 g/mol. The summed E-state index contributed by atoms with van der Waals surface area (Å²) in [6.45, 7) is 1.48. The molecule has 1 aromatic carbocycles. The van der Waals surface area contributed by atoms with E-state index < -0.39 is 31.5 Å². The Kier molecular flexibility index (Phi) is 4.88. The summed E-state index contributed by atoms with van der Waals surface area (Å²) >= 11 is 11.8. The van der Waals surface area contributed by atoms with Gasteiger partial charge in [0.25, 0.3) is 15.7 Å². The first-order valence-corrected chi connectivity index (χ1v) is 8.55. The van der Waals surface area contributed by atoms with Crippen LogP contribution in [0.3, 0.4) is 0 Å². The topological polar surface area (TPSA) is 107 Å². The molecule has 0 heterocycles. The predicted octanol–water partition coefficient (Wildman–Crippen LogP) is 2.47. The van der Waals surface area contributed by atoms with E-state index in [1.807, 2.05) is 0 Å². The maximum absolute atomic E-state index is 12.3. The number of nitro benzene ring substituents is 1. The second-order valence-corrected chi connectivity index (χ2v) is 7.28. The first-order chi connectivity index (χ1) is 10.6. The van der Waals surface area contributed by atoms with Gasteiger partial charge in [0.15, 0.2) is 5.78 Å². The Hall–Kier alpha value is -1.77. The van der Waals surface area contributed by atoms with Gasteiger partial charge in [0.1, 0.15) is 10.8 Å². The number of rotatable bonds is 3. The molecule has 1 aliphatic carbocycles. The van der Waals surface area contributed by atoms with Crippen LogP contribution >= 0.6 is 23.2 Å². The highest BCUT2D eigenvalue weighted by Gasteiger charge is 2.34. The molecule has 10 heteroatoms. The lowest BCUT2D eigenvalue weighted by atomic mass is 9.97. The summed E-state index contributed by atoms with van der Waals surface area (Å²) in [7, 11) is -4.23. The largest absolute Gasteiger partial charge is 0.293 e. The minimum Gasteiger partial charge on any atom is -0.293 e. The van der Waals surface area contributed by atoms with Gasteiger partial charge in [-0.05, 0) is 24.6 Å². The van der Waals surface area contributed by atoms with Crippen molar-refractivity contribution < 1.29 is 18.1 Å². The van der Waals surface area contributed by atoms with Crippen LogP contribution in [0.5, 0.6) is 0 Å². The normalized spacial score (nSPS) is 23.7. The van der Waals surface area contributed by atoms with Crippen LogP contribution in [0.2, 0.25) is 0 Å². The monoisotopic (exact) mass is 376 g/mol. The van der Waals surface area contributed by atoms with Gasteiger partial charge in [0.2, 0.25) is 0 Å². The second kappa shape index (κ2) is 6.38. The number of non-ortho nitro benzene ring substituents is 1. The van der Waals surface area contributed by atoms with Crippen molar-refractivity contribution in [3.8, 4) is 0 Å². The highest BCUT2D eigenvalue weighted by molar-refractivity contribution is 7.90. The van der Waals surface area contributed by atoms with Crippen LogP contribution in [-0.4, -0.2) is 35.6 Å². The number of halogens is 2. The van der Waals surface area contributed by atoms with Crippen LogP contribution in [0.1, 0.15) is 6.92 Å². The molecule has 2 rings (SSSR count). The van der Waals surface area contributed by atoms with E-state index in [1.54, 1.807) is 0 Å². The molecule has 0 unspecified atom stereocenters. The van der Waals surface area contributed by atoms with Gasteiger partial charge in [-0.25, -0.2) is 0 Å². The van der Waals surface area contributed by atoms with Crippen molar-refractivity contribution in [3.05, 3.63) is 46.0 Å². The number of nitrogens with zero attached hydrogens (tertiary/aromatic N) is 2. The molecule has 1 aliphatic rings. The van der Waals surface area contributed by atoms with Crippen molar-refractivity contribution in [2.45, 2.75) is 22.6 Å². The minimum absolute atomic E-state index is 0.0576. The average molecular weight is 377 g/mol. The van der Waals surface area contributed by atoms with Gasteiger partial charge in [0.05, 0.1) is 15.5 Å². The second-order valence-electron chi connectivity index (χ2n) is 4.74. The number of nitro groups is 1. The number of hydrogen-bond acceptors (Lipinski definition) is 5. The fourth-order valence-corrected chi connectivity index (χ4v) is 3.66. The fraction of sp³-hybridized carbons (Fsp3) is 0.231. The van der Waals surface area contributed by atoms with Crippen LogP contribution in [-0.2, 0) is 14.8 Å². The van der Waals surface area contributed by atoms with Crippen LogP contribution in [0.25, 0.3) is 0 Å². The standard InChI is InChI=1S/C13H10Cl2N2O5S/c1-7-5-10(18)11(14)12(15)13(7)16-23(21,22)9-4-2-3-8(6-9)17(19)20/h2-6,11-12H,1H3/t11-,12-/m0/s1. The molecule has 0 fully saturated rings. The highest BCUT2D eigenvalue weighted by Crippen LogP contribution is 2.26. The Bertz CT molecular complexity index is 848. The first kappa shape index (κ1) is 17.6. The summed E-state index contributed by atoms with van der Waals surface area (Å²) in [4.78, 5) is 21.2. The lowest BCUT2D eigenvalue weighted by Gasteiger charge is -2.21. The van der Waals surface area contributed by atoms with Gasteiger partial charge in [0, 0.05) is 12.1 Å². The first-order valence-electron chi connectivity index (χ1n) is 6.23. The Morgan fingerprint density at radius 2 is 1.91 bits per heavy atom. The van der Waals surface area contributed by atoms with Crippen LogP contribution in [0.4, 0.5) is 5.69 Å². The van der Waals surface area contributed by atoms with E-state index in [9.17, 15) is 23.3 Å². The number of allylic oxidation sites excluding steroid dienone is 2. The maximum Gasteiger partial charge on any atom is 0.282 e. The molecule has 2 atom stereocenters. The van der Waals surface area contributed by atoms with Crippen LogP contribution < -0.4 is 0 Å². The van der Waals surface area contributed by atoms with Crippen LogP contribution in [0.15, 0.2) is 45.2 Å². The molecule has 0 saturated carbocycles. The SMILES string of the molecule is CC1=CC(=O)[C@H](Cl)[C@H](Cl)C1=NS(=O)(=O)c1cccc([N+](=O)[O-])c1. The highest BCUT2D eigenvalue weighted by atomic mass is 35.5. The van der Waals surface area contributed by atoms with E-state index >= 15 is 0 Å². The quantitative estimate of drug-likeness (QED) is 0.457. The summed E-state index contributed by atoms with van der Waals surface area (Å²) < 4.78 is 28.3. The smallest absolute Gasteiger partial charge is 0.282 e. The van der Waals surface area contributed by atoms with Crippen molar-refractivity contribution in [1.29, 1.82) is 0 Å². The Morgan fingerprint density at radius 1 is 1.26 bits per heavy atom. The summed E-state index contributed by atoms with van der Waals surface area (Å²) in [5, 5.41) is 8.51. The predicted molar refractivity (Wildman–Crippen MR) is 85.8 cm³/mol. The van der Waals surface area contributed by atoms with Crippen LogP contribution in [0, 0.1) is 10.1 Å². The van der Waals surface area contributed by atoms with Gasteiger partial charge >= 0.3 is 0 Å². The minimum atomic E-state index is -4.23. The molecule has 1 aromatic rings. The fourth-order valence-electron chi connectivity index (χ4n) is 1.93. The van der Waals surface area contributed by atoms with E-state index in [1.165, 1.54) is 25.1 Å². The average Bonchev–Trinajstić information content (AvgIpc) is 2.49. The van der Waals surface area contributed by atoms with Crippen molar-refractivity contribution >= 4 is 50.4 Å². The summed E-state index contributed by atoms with van der Waals surface area (Å²) in [5.74, 6) is -0.434. The lowest BCUT2D eigenvalue weighted by Crippen LogP contribution is -2.36. The number of sulfonamides is 1. The Labute approximate surface area is 141 Å². The maximum atomic E-state index is 12.3.